The average Bonchev–Trinajstić information content (AvgIpc) is 2.68. The van der Waals surface area contributed by atoms with Crippen molar-refractivity contribution in [3.8, 4) is 0 Å². The molecule has 0 atom stereocenters. The maximum atomic E-state index is 12.5. The second kappa shape index (κ2) is 10.6. The van der Waals surface area contributed by atoms with Gasteiger partial charge in [0.1, 0.15) is 0 Å². The van der Waals surface area contributed by atoms with Crippen LogP contribution in [0.1, 0.15) is 11.1 Å². The number of benzene rings is 2. The number of carbonyl (C=O) groups is 2. The van der Waals surface area contributed by atoms with Crippen LogP contribution < -0.4 is 5.32 Å². The zero-order valence-corrected chi connectivity index (χ0v) is 15.6. The highest BCUT2D eigenvalue weighted by Gasteiger charge is 2.29. The fourth-order valence-electron chi connectivity index (χ4n) is 2.06. The molecule has 0 bridgehead atoms. The van der Waals surface area contributed by atoms with E-state index in [1.807, 2.05) is 30.3 Å². The van der Waals surface area contributed by atoms with Gasteiger partial charge in [-0.1, -0.05) is 30.3 Å². The van der Waals surface area contributed by atoms with Gasteiger partial charge in [-0.05, 0) is 35.9 Å². The third-order valence-electron chi connectivity index (χ3n) is 3.43. The molecule has 0 aliphatic carbocycles. The largest absolute Gasteiger partial charge is 0.452 e. The van der Waals surface area contributed by atoms with Crippen LogP contribution in [0.5, 0.6) is 0 Å². The molecule has 0 radical (unpaired) electrons. The zero-order chi connectivity index (χ0) is 20.4. The van der Waals surface area contributed by atoms with Crippen LogP contribution in [0.25, 0.3) is 6.08 Å². The van der Waals surface area contributed by atoms with Gasteiger partial charge < -0.3 is 10.1 Å². The monoisotopic (exact) mass is 409 g/mol. The molecule has 4 nitrogen and oxygen atoms in total. The van der Waals surface area contributed by atoms with Crippen LogP contribution in [-0.4, -0.2) is 30.8 Å². The molecule has 28 heavy (non-hydrogen) atoms. The lowest BCUT2D eigenvalue weighted by atomic mass is 10.1. The summed E-state index contributed by atoms with van der Waals surface area (Å²) in [5.41, 5.74) is -0.360. The summed E-state index contributed by atoms with van der Waals surface area (Å²) in [4.78, 5) is 24.3. The third kappa shape index (κ3) is 7.87. The SMILES string of the molecule is O=C(COC(=O)/C=C/c1ccc(C(F)(F)F)cc1)NCCSc1ccccc1. The molecule has 0 spiro atoms. The van der Waals surface area contributed by atoms with Crippen molar-refractivity contribution >= 4 is 29.7 Å². The molecule has 0 aliphatic rings. The van der Waals surface area contributed by atoms with E-state index in [0.29, 0.717) is 17.9 Å². The van der Waals surface area contributed by atoms with E-state index in [4.69, 9.17) is 4.74 Å². The average molecular weight is 409 g/mol. The van der Waals surface area contributed by atoms with Gasteiger partial charge in [-0.15, -0.1) is 11.8 Å². The summed E-state index contributed by atoms with van der Waals surface area (Å²) in [5, 5.41) is 2.63. The Hall–Kier alpha value is -2.74. The van der Waals surface area contributed by atoms with Gasteiger partial charge >= 0.3 is 12.1 Å². The minimum Gasteiger partial charge on any atom is -0.452 e. The van der Waals surface area contributed by atoms with Crippen molar-refractivity contribution in [1.82, 2.24) is 5.32 Å². The molecule has 1 N–H and O–H groups in total. The van der Waals surface area contributed by atoms with E-state index in [0.717, 1.165) is 23.1 Å². The molecule has 0 saturated carbocycles. The molecule has 0 aromatic heterocycles. The number of amides is 1. The fourth-order valence-corrected chi connectivity index (χ4v) is 2.85. The number of thioether (sulfide) groups is 1. The van der Waals surface area contributed by atoms with Gasteiger partial charge in [-0.3, -0.25) is 4.79 Å². The Labute approximate surface area is 164 Å². The van der Waals surface area contributed by atoms with Crippen molar-refractivity contribution in [2.75, 3.05) is 18.9 Å². The number of nitrogens with one attached hydrogen (secondary N) is 1. The lowest BCUT2D eigenvalue weighted by Crippen LogP contribution is -2.30. The first kappa shape index (κ1) is 21.6. The third-order valence-corrected chi connectivity index (χ3v) is 4.45. The summed E-state index contributed by atoms with van der Waals surface area (Å²) in [6.07, 6.45) is -2.04. The molecular weight excluding hydrogens is 391 g/mol. The van der Waals surface area contributed by atoms with Crippen molar-refractivity contribution in [3.05, 3.63) is 71.8 Å². The highest BCUT2D eigenvalue weighted by atomic mass is 32.2. The lowest BCUT2D eigenvalue weighted by molar-refractivity contribution is -0.143. The van der Waals surface area contributed by atoms with Gasteiger partial charge in [0.25, 0.3) is 5.91 Å². The number of rotatable bonds is 8. The highest BCUT2D eigenvalue weighted by Crippen LogP contribution is 2.29. The van der Waals surface area contributed by atoms with Crippen molar-refractivity contribution in [2.24, 2.45) is 0 Å². The molecule has 0 heterocycles. The fraction of sp³-hybridized carbons (Fsp3) is 0.200. The predicted octanol–water partition coefficient (Wildman–Crippen LogP) is 4.17. The molecule has 8 heteroatoms. The van der Waals surface area contributed by atoms with Gasteiger partial charge in [0.15, 0.2) is 6.61 Å². The first-order chi connectivity index (χ1) is 13.3. The molecule has 0 unspecified atom stereocenters. The molecule has 0 fully saturated rings. The summed E-state index contributed by atoms with van der Waals surface area (Å²) in [6, 6.07) is 14.0. The van der Waals surface area contributed by atoms with E-state index in [2.05, 4.69) is 5.32 Å². The van der Waals surface area contributed by atoms with Gasteiger partial charge in [0.05, 0.1) is 5.56 Å². The van der Waals surface area contributed by atoms with Gasteiger partial charge in [-0.25, -0.2) is 4.79 Å². The molecule has 2 rings (SSSR count). The minimum atomic E-state index is -4.41. The summed E-state index contributed by atoms with van der Waals surface area (Å²) in [7, 11) is 0. The smallest absolute Gasteiger partial charge is 0.416 e. The highest BCUT2D eigenvalue weighted by molar-refractivity contribution is 7.99. The Bertz CT molecular complexity index is 806. The first-order valence-electron chi connectivity index (χ1n) is 8.31. The van der Waals surface area contributed by atoms with Crippen LogP contribution in [0.15, 0.2) is 65.6 Å². The molecule has 1 amide bonds. The van der Waals surface area contributed by atoms with E-state index in [1.54, 1.807) is 11.8 Å². The number of ether oxygens (including phenoxy) is 1. The Morgan fingerprint density at radius 2 is 1.71 bits per heavy atom. The van der Waals surface area contributed by atoms with E-state index >= 15 is 0 Å². The lowest BCUT2D eigenvalue weighted by Gasteiger charge is -2.06. The number of hydrogen-bond acceptors (Lipinski definition) is 4. The predicted molar refractivity (Wildman–Crippen MR) is 102 cm³/mol. The van der Waals surface area contributed by atoms with Crippen LogP contribution in [-0.2, 0) is 20.5 Å². The molecule has 0 aliphatic heterocycles. The Morgan fingerprint density at radius 3 is 2.36 bits per heavy atom. The van der Waals surface area contributed by atoms with Gasteiger partial charge in [0.2, 0.25) is 0 Å². The van der Waals surface area contributed by atoms with Crippen LogP contribution in [0, 0.1) is 0 Å². The van der Waals surface area contributed by atoms with Crippen molar-refractivity contribution in [2.45, 2.75) is 11.1 Å². The van der Waals surface area contributed by atoms with Crippen molar-refractivity contribution in [1.29, 1.82) is 0 Å². The normalized spacial score (nSPS) is 11.4. The summed E-state index contributed by atoms with van der Waals surface area (Å²) < 4.78 is 42.2. The van der Waals surface area contributed by atoms with Crippen LogP contribution >= 0.6 is 11.8 Å². The van der Waals surface area contributed by atoms with Gasteiger partial charge in [0, 0.05) is 23.3 Å². The zero-order valence-electron chi connectivity index (χ0n) is 14.7. The summed E-state index contributed by atoms with van der Waals surface area (Å²) in [6.45, 7) is 0.00350. The van der Waals surface area contributed by atoms with Crippen molar-refractivity contribution < 1.29 is 27.5 Å². The Morgan fingerprint density at radius 1 is 1.04 bits per heavy atom. The number of esters is 1. The molecule has 0 saturated heterocycles. The topological polar surface area (TPSA) is 55.4 Å². The van der Waals surface area contributed by atoms with Crippen LogP contribution in [0.2, 0.25) is 0 Å². The van der Waals surface area contributed by atoms with Crippen molar-refractivity contribution in [3.63, 3.8) is 0 Å². The first-order valence-corrected chi connectivity index (χ1v) is 9.30. The maximum absolute atomic E-state index is 12.5. The van der Waals surface area contributed by atoms with Gasteiger partial charge in [-0.2, -0.15) is 13.2 Å². The van der Waals surface area contributed by atoms with E-state index in [1.165, 1.54) is 18.2 Å². The number of halogens is 3. The van der Waals surface area contributed by atoms with E-state index < -0.39 is 30.2 Å². The van der Waals surface area contributed by atoms with Crippen LogP contribution in [0.3, 0.4) is 0 Å². The van der Waals surface area contributed by atoms with Crippen LogP contribution in [0.4, 0.5) is 13.2 Å². The summed E-state index contributed by atoms with van der Waals surface area (Å²) >= 11 is 1.59. The molecule has 2 aromatic rings. The maximum Gasteiger partial charge on any atom is 0.416 e. The van der Waals surface area contributed by atoms with E-state index in [9.17, 15) is 22.8 Å². The number of hydrogen-bond donors (Lipinski definition) is 1. The molecular formula is C20H18F3NO3S. The minimum absolute atomic E-state index is 0.410. The quantitative estimate of drug-likeness (QED) is 0.308. The number of alkyl halides is 3. The second-order valence-corrected chi connectivity index (χ2v) is 6.74. The van der Waals surface area contributed by atoms with E-state index in [-0.39, 0.29) is 0 Å². The summed E-state index contributed by atoms with van der Waals surface area (Å²) in [5.74, 6) is -0.504. The standard InChI is InChI=1S/C20H18F3NO3S/c21-20(22,23)16-9-6-15(7-10-16)8-11-19(26)27-14-18(25)24-12-13-28-17-4-2-1-3-5-17/h1-11H,12-14H2,(H,24,25)/b11-8+. The molecule has 2 aromatic carbocycles. The second-order valence-electron chi connectivity index (χ2n) is 5.57. The Balaban J connectivity index is 1.65. The molecule has 148 valence electrons. The Kier molecular flexibility index (Phi) is 8.13. The number of carbonyl (C=O) groups excluding carboxylic acids is 2.